The van der Waals surface area contributed by atoms with Gasteiger partial charge in [-0.3, -0.25) is 9.69 Å². The molecular weight excluding hydrogens is 170 g/mol. The van der Waals surface area contributed by atoms with Crippen LogP contribution in [0.25, 0.3) is 0 Å². The summed E-state index contributed by atoms with van der Waals surface area (Å²) in [5.74, 6) is -0.747. The fourth-order valence-corrected chi connectivity index (χ4v) is 1.33. The molecule has 1 rings (SSSR count). The first-order valence-electron chi connectivity index (χ1n) is 4.77. The molecule has 0 aromatic heterocycles. The molecule has 4 heteroatoms. The number of hydrogen-bond donors (Lipinski definition) is 1. The first-order valence-corrected chi connectivity index (χ1v) is 4.77. The maximum absolute atomic E-state index is 10.5. The second-order valence-corrected chi connectivity index (χ2v) is 3.29. The molecule has 1 aliphatic rings. The molecule has 0 aromatic carbocycles. The summed E-state index contributed by atoms with van der Waals surface area (Å²) in [4.78, 5) is 12.5. The lowest BCUT2D eigenvalue weighted by molar-refractivity contribution is -0.138. The van der Waals surface area contributed by atoms with E-state index in [0.29, 0.717) is 19.3 Å². The summed E-state index contributed by atoms with van der Waals surface area (Å²) in [6.07, 6.45) is 2.28. The Morgan fingerprint density at radius 3 is 2.77 bits per heavy atom. The van der Waals surface area contributed by atoms with Crippen molar-refractivity contribution in [2.24, 2.45) is 0 Å². The normalized spacial score (nSPS) is 16.5. The molecule has 1 saturated carbocycles. The maximum Gasteiger partial charge on any atom is 0.317 e. The van der Waals surface area contributed by atoms with Crippen LogP contribution in [0.4, 0.5) is 0 Å². The lowest BCUT2D eigenvalue weighted by Gasteiger charge is -2.18. The molecule has 1 aliphatic carbocycles. The third-order valence-electron chi connectivity index (χ3n) is 2.13. The third-order valence-corrected chi connectivity index (χ3v) is 2.13. The highest BCUT2D eigenvalue weighted by Gasteiger charge is 2.29. The Kier molecular flexibility index (Phi) is 4.18. The quantitative estimate of drug-likeness (QED) is 0.592. The highest BCUT2D eigenvalue weighted by atomic mass is 16.5. The number of rotatable bonds is 7. The zero-order valence-electron chi connectivity index (χ0n) is 8.03. The van der Waals surface area contributed by atoms with E-state index in [1.54, 1.807) is 0 Å². The molecule has 0 amide bonds. The van der Waals surface area contributed by atoms with Gasteiger partial charge in [0.05, 0.1) is 13.2 Å². The van der Waals surface area contributed by atoms with E-state index in [4.69, 9.17) is 9.84 Å². The van der Waals surface area contributed by atoms with Crippen LogP contribution in [-0.4, -0.2) is 48.3 Å². The van der Waals surface area contributed by atoms with E-state index in [1.165, 1.54) is 0 Å². The number of carboxylic acids is 1. The standard InChI is InChI=1S/C9H17NO3/c1-2-13-6-5-10(7-9(11)12)8-3-4-8/h8H,2-7H2,1H3,(H,11,12). The summed E-state index contributed by atoms with van der Waals surface area (Å²) in [7, 11) is 0. The second kappa shape index (κ2) is 5.19. The van der Waals surface area contributed by atoms with Gasteiger partial charge in [0.25, 0.3) is 0 Å². The van der Waals surface area contributed by atoms with Gasteiger partial charge in [0.1, 0.15) is 0 Å². The van der Waals surface area contributed by atoms with Gasteiger partial charge in [-0.2, -0.15) is 0 Å². The van der Waals surface area contributed by atoms with Gasteiger partial charge in [0, 0.05) is 19.2 Å². The summed E-state index contributed by atoms with van der Waals surface area (Å²) < 4.78 is 5.19. The van der Waals surface area contributed by atoms with Crippen LogP contribution < -0.4 is 0 Å². The molecule has 0 atom stereocenters. The minimum Gasteiger partial charge on any atom is -0.480 e. The molecule has 0 saturated heterocycles. The summed E-state index contributed by atoms with van der Waals surface area (Å²) in [6, 6.07) is 0.497. The number of hydrogen-bond acceptors (Lipinski definition) is 3. The molecule has 0 radical (unpaired) electrons. The van der Waals surface area contributed by atoms with Crippen LogP contribution in [0.3, 0.4) is 0 Å². The summed E-state index contributed by atoms with van der Waals surface area (Å²) in [5.41, 5.74) is 0. The summed E-state index contributed by atoms with van der Waals surface area (Å²) in [5, 5.41) is 8.63. The van der Waals surface area contributed by atoms with E-state index in [0.717, 1.165) is 19.4 Å². The first kappa shape index (κ1) is 10.5. The fraction of sp³-hybridized carbons (Fsp3) is 0.889. The van der Waals surface area contributed by atoms with Crippen LogP contribution in [0.1, 0.15) is 19.8 Å². The van der Waals surface area contributed by atoms with Crippen molar-refractivity contribution in [1.29, 1.82) is 0 Å². The van der Waals surface area contributed by atoms with Crippen molar-refractivity contribution in [3.05, 3.63) is 0 Å². The molecule has 0 aromatic rings. The SMILES string of the molecule is CCOCCN(CC(=O)O)C1CC1. The number of carboxylic acid groups (broad SMARTS) is 1. The van der Waals surface area contributed by atoms with Crippen molar-refractivity contribution in [2.75, 3.05) is 26.3 Å². The van der Waals surface area contributed by atoms with Crippen molar-refractivity contribution in [2.45, 2.75) is 25.8 Å². The smallest absolute Gasteiger partial charge is 0.317 e. The van der Waals surface area contributed by atoms with Gasteiger partial charge in [-0.1, -0.05) is 0 Å². The average molecular weight is 187 g/mol. The summed E-state index contributed by atoms with van der Waals surface area (Å²) in [6.45, 7) is 4.17. The molecule has 1 fully saturated rings. The Morgan fingerprint density at radius 1 is 1.62 bits per heavy atom. The van der Waals surface area contributed by atoms with E-state index >= 15 is 0 Å². The largest absolute Gasteiger partial charge is 0.480 e. The van der Waals surface area contributed by atoms with Crippen molar-refractivity contribution < 1.29 is 14.6 Å². The van der Waals surface area contributed by atoms with Crippen LogP contribution in [0, 0.1) is 0 Å². The van der Waals surface area contributed by atoms with Crippen molar-refractivity contribution in [3.8, 4) is 0 Å². The highest BCUT2D eigenvalue weighted by molar-refractivity contribution is 5.69. The van der Waals surface area contributed by atoms with Gasteiger partial charge >= 0.3 is 5.97 Å². The monoisotopic (exact) mass is 187 g/mol. The maximum atomic E-state index is 10.5. The lowest BCUT2D eigenvalue weighted by Crippen LogP contribution is -2.34. The molecule has 4 nitrogen and oxygen atoms in total. The second-order valence-electron chi connectivity index (χ2n) is 3.29. The molecule has 1 N–H and O–H groups in total. The Balaban J connectivity index is 2.17. The van der Waals surface area contributed by atoms with Crippen LogP contribution in [0.15, 0.2) is 0 Å². The zero-order valence-corrected chi connectivity index (χ0v) is 8.03. The van der Waals surface area contributed by atoms with Gasteiger partial charge in [0.15, 0.2) is 0 Å². The Labute approximate surface area is 78.5 Å². The number of nitrogens with zero attached hydrogens (tertiary/aromatic N) is 1. The molecule has 0 bridgehead atoms. The molecule has 0 heterocycles. The van der Waals surface area contributed by atoms with E-state index in [-0.39, 0.29) is 6.54 Å². The first-order chi connectivity index (χ1) is 6.24. The third kappa shape index (κ3) is 4.24. The van der Waals surface area contributed by atoms with E-state index < -0.39 is 5.97 Å². The van der Waals surface area contributed by atoms with Gasteiger partial charge in [-0.25, -0.2) is 0 Å². The molecule has 0 aliphatic heterocycles. The van der Waals surface area contributed by atoms with E-state index in [9.17, 15) is 4.79 Å². The van der Waals surface area contributed by atoms with Crippen LogP contribution >= 0.6 is 0 Å². The number of aliphatic carboxylic acids is 1. The number of carbonyl (C=O) groups is 1. The molecular formula is C9H17NO3. The van der Waals surface area contributed by atoms with E-state index in [1.807, 2.05) is 11.8 Å². The van der Waals surface area contributed by atoms with Gasteiger partial charge in [-0.15, -0.1) is 0 Å². The topological polar surface area (TPSA) is 49.8 Å². The van der Waals surface area contributed by atoms with Crippen molar-refractivity contribution >= 4 is 5.97 Å². The number of ether oxygens (including phenoxy) is 1. The molecule has 0 unspecified atom stereocenters. The van der Waals surface area contributed by atoms with Gasteiger partial charge < -0.3 is 9.84 Å². The Morgan fingerprint density at radius 2 is 2.31 bits per heavy atom. The minimum absolute atomic E-state index is 0.151. The van der Waals surface area contributed by atoms with Gasteiger partial charge in [0.2, 0.25) is 0 Å². The van der Waals surface area contributed by atoms with E-state index in [2.05, 4.69) is 0 Å². The average Bonchev–Trinajstić information content (AvgIpc) is 2.84. The predicted molar refractivity (Wildman–Crippen MR) is 48.7 cm³/mol. The minimum atomic E-state index is -0.747. The van der Waals surface area contributed by atoms with Crippen LogP contribution in [0.2, 0.25) is 0 Å². The Hall–Kier alpha value is -0.610. The predicted octanol–water partition coefficient (Wildman–Crippen LogP) is 0.572. The molecule has 13 heavy (non-hydrogen) atoms. The molecule has 76 valence electrons. The fourth-order valence-electron chi connectivity index (χ4n) is 1.33. The van der Waals surface area contributed by atoms with Crippen LogP contribution in [0.5, 0.6) is 0 Å². The van der Waals surface area contributed by atoms with Crippen molar-refractivity contribution in [1.82, 2.24) is 4.90 Å². The highest BCUT2D eigenvalue weighted by Crippen LogP contribution is 2.26. The zero-order chi connectivity index (χ0) is 9.68. The molecule has 0 spiro atoms. The van der Waals surface area contributed by atoms with Crippen LogP contribution in [-0.2, 0) is 9.53 Å². The van der Waals surface area contributed by atoms with Gasteiger partial charge in [-0.05, 0) is 19.8 Å². The Bertz CT molecular complexity index is 168. The summed E-state index contributed by atoms with van der Waals surface area (Å²) >= 11 is 0. The van der Waals surface area contributed by atoms with Crippen molar-refractivity contribution in [3.63, 3.8) is 0 Å². The lowest BCUT2D eigenvalue weighted by atomic mass is 10.4.